The van der Waals surface area contributed by atoms with Crippen molar-refractivity contribution < 1.29 is 19.5 Å². The molecule has 0 fully saturated rings. The van der Waals surface area contributed by atoms with E-state index in [4.69, 9.17) is 5.11 Å². The van der Waals surface area contributed by atoms with Crippen LogP contribution in [0.25, 0.3) is 0 Å². The van der Waals surface area contributed by atoms with E-state index >= 15 is 0 Å². The molecule has 1 rings (SSSR count). The van der Waals surface area contributed by atoms with E-state index in [-0.39, 0.29) is 24.5 Å². The first kappa shape index (κ1) is 15.9. The number of aliphatic carboxylic acids is 1. The standard InChI is InChI=1S/C15H19NO4/c1-2-12(15(19)20)16-14(18)10-6-9-13(17)11-7-4-3-5-8-11/h3-5,7-8,12H,2,6,9-10H2,1H3,(H,16,18)(H,19,20). The first-order valence-corrected chi connectivity index (χ1v) is 6.65. The quantitative estimate of drug-likeness (QED) is 0.712. The third kappa shape index (κ3) is 5.22. The molecule has 0 aromatic heterocycles. The van der Waals surface area contributed by atoms with Crippen LogP contribution in [0.1, 0.15) is 43.0 Å². The molecule has 0 aliphatic rings. The third-order valence-corrected chi connectivity index (χ3v) is 2.95. The summed E-state index contributed by atoms with van der Waals surface area (Å²) in [4.78, 5) is 34.1. The fourth-order valence-corrected chi connectivity index (χ4v) is 1.78. The largest absolute Gasteiger partial charge is 0.480 e. The predicted octanol–water partition coefficient (Wildman–Crippen LogP) is 2.02. The molecule has 0 radical (unpaired) electrons. The molecule has 0 heterocycles. The van der Waals surface area contributed by atoms with Crippen molar-refractivity contribution in [3.05, 3.63) is 35.9 Å². The summed E-state index contributed by atoms with van der Waals surface area (Å²) in [5, 5.41) is 11.2. The summed E-state index contributed by atoms with van der Waals surface area (Å²) >= 11 is 0. The number of amides is 1. The van der Waals surface area contributed by atoms with Crippen LogP contribution in [0.4, 0.5) is 0 Å². The molecular formula is C15H19NO4. The van der Waals surface area contributed by atoms with Gasteiger partial charge in [0.15, 0.2) is 5.78 Å². The van der Waals surface area contributed by atoms with Crippen LogP contribution >= 0.6 is 0 Å². The van der Waals surface area contributed by atoms with E-state index < -0.39 is 12.0 Å². The number of carboxylic acids is 1. The monoisotopic (exact) mass is 277 g/mol. The Balaban J connectivity index is 2.32. The number of nitrogens with one attached hydrogen (secondary N) is 1. The maximum absolute atomic E-state index is 11.8. The fourth-order valence-electron chi connectivity index (χ4n) is 1.78. The molecule has 108 valence electrons. The molecular weight excluding hydrogens is 258 g/mol. The van der Waals surface area contributed by atoms with E-state index in [0.29, 0.717) is 18.4 Å². The maximum Gasteiger partial charge on any atom is 0.326 e. The second-order valence-corrected chi connectivity index (χ2v) is 4.51. The second-order valence-electron chi connectivity index (χ2n) is 4.51. The molecule has 5 nitrogen and oxygen atoms in total. The molecule has 5 heteroatoms. The van der Waals surface area contributed by atoms with Gasteiger partial charge in [0.25, 0.3) is 0 Å². The van der Waals surface area contributed by atoms with Crippen LogP contribution in [0.5, 0.6) is 0 Å². The first-order chi connectivity index (χ1) is 9.54. The molecule has 2 N–H and O–H groups in total. The van der Waals surface area contributed by atoms with Crippen molar-refractivity contribution in [1.29, 1.82) is 0 Å². The van der Waals surface area contributed by atoms with Crippen LogP contribution in [0.15, 0.2) is 30.3 Å². The van der Waals surface area contributed by atoms with E-state index in [1.54, 1.807) is 31.2 Å². The van der Waals surface area contributed by atoms with Gasteiger partial charge < -0.3 is 10.4 Å². The summed E-state index contributed by atoms with van der Waals surface area (Å²) in [5.74, 6) is -1.38. The van der Waals surface area contributed by atoms with E-state index in [0.717, 1.165) is 0 Å². The van der Waals surface area contributed by atoms with E-state index in [1.807, 2.05) is 6.07 Å². The lowest BCUT2D eigenvalue weighted by Crippen LogP contribution is -2.40. The van der Waals surface area contributed by atoms with Crippen LogP contribution < -0.4 is 5.32 Å². The van der Waals surface area contributed by atoms with Gasteiger partial charge in [-0.25, -0.2) is 4.79 Å². The summed E-state index contributed by atoms with van der Waals surface area (Å²) < 4.78 is 0. The van der Waals surface area contributed by atoms with E-state index in [1.165, 1.54) is 0 Å². The number of carbonyl (C=O) groups excluding carboxylic acids is 2. The lowest BCUT2D eigenvalue weighted by atomic mass is 10.1. The Morgan fingerprint density at radius 3 is 2.35 bits per heavy atom. The molecule has 0 saturated heterocycles. The number of rotatable bonds is 8. The first-order valence-electron chi connectivity index (χ1n) is 6.65. The maximum atomic E-state index is 11.8. The van der Waals surface area contributed by atoms with Crippen molar-refractivity contribution in [3.63, 3.8) is 0 Å². The number of carboxylic acid groups (broad SMARTS) is 1. The average Bonchev–Trinajstić information content (AvgIpc) is 2.45. The second kappa shape index (κ2) is 8.09. The Morgan fingerprint density at radius 1 is 1.15 bits per heavy atom. The van der Waals surface area contributed by atoms with Crippen LogP contribution in [-0.2, 0) is 9.59 Å². The highest BCUT2D eigenvalue weighted by Crippen LogP contribution is 2.07. The van der Waals surface area contributed by atoms with Crippen LogP contribution in [0.3, 0.4) is 0 Å². The number of carbonyl (C=O) groups is 3. The molecule has 0 aliphatic carbocycles. The zero-order chi connectivity index (χ0) is 15.0. The fraction of sp³-hybridized carbons (Fsp3) is 0.400. The van der Waals surface area contributed by atoms with Crippen molar-refractivity contribution >= 4 is 17.7 Å². The van der Waals surface area contributed by atoms with Gasteiger partial charge in [-0.1, -0.05) is 37.3 Å². The molecule has 1 aromatic rings. The number of Topliss-reactive ketones (excluding diaryl/α,β-unsaturated/α-hetero) is 1. The third-order valence-electron chi connectivity index (χ3n) is 2.95. The van der Waals surface area contributed by atoms with Crippen LogP contribution in [0.2, 0.25) is 0 Å². The molecule has 0 bridgehead atoms. The number of benzene rings is 1. The molecule has 20 heavy (non-hydrogen) atoms. The van der Waals surface area contributed by atoms with Gasteiger partial charge in [0.2, 0.25) is 5.91 Å². The molecule has 0 spiro atoms. The zero-order valence-electron chi connectivity index (χ0n) is 11.5. The minimum atomic E-state index is -1.04. The predicted molar refractivity (Wildman–Crippen MR) is 74.5 cm³/mol. The van der Waals surface area contributed by atoms with Crippen molar-refractivity contribution in [1.82, 2.24) is 5.32 Å². The number of hydrogen-bond donors (Lipinski definition) is 2. The minimum Gasteiger partial charge on any atom is -0.480 e. The van der Waals surface area contributed by atoms with Crippen molar-refractivity contribution in [2.45, 2.75) is 38.6 Å². The summed E-state index contributed by atoms with van der Waals surface area (Å²) in [5.41, 5.74) is 0.630. The van der Waals surface area contributed by atoms with E-state index in [9.17, 15) is 14.4 Å². The Labute approximate surface area is 118 Å². The lowest BCUT2D eigenvalue weighted by Gasteiger charge is -2.11. The van der Waals surface area contributed by atoms with Gasteiger partial charge in [0.1, 0.15) is 6.04 Å². The normalized spacial score (nSPS) is 11.7. The Hall–Kier alpha value is -2.17. The van der Waals surface area contributed by atoms with E-state index in [2.05, 4.69) is 5.32 Å². The highest BCUT2D eigenvalue weighted by Gasteiger charge is 2.17. The van der Waals surface area contributed by atoms with Crippen LogP contribution in [0, 0.1) is 0 Å². The molecule has 1 amide bonds. The molecule has 0 aliphatic heterocycles. The molecule has 0 saturated carbocycles. The number of hydrogen-bond acceptors (Lipinski definition) is 3. The SMILES string of the molecule is CCC(NC(=O)CCCC(=O)c1ccccc1)C(=O)O. The topological polar surface area (TPSA) is 83.5 Å². The van der Waals surface area contributed by atoms with Gasteiger partial charge in [0.05, 0.1) is 0 Å². The van der Waals surface area contributed by atoms with Gasteiger partial charge in [-0.3, -0.25) is 9.59 Å². The average molecular weight is 277 g/mol. The summed E-state index contributed by atoms with van der Waals surface area (Å²) in [6.45, 7) is 1.69. The molecule has 1 unspecified atom stereocenters. The van der Waals surface area contributed by atoms with Gasteiger partial charge in [-0.05, 0) is 12.8 Å². The lowest BCUT2D eigenvalue weighted by molar-refractivity contribution is -0.141. The summed E-state index contributed by atoms with van der Waals surface area (Å²) in [6, 6.07) is 8.03. The number of ketones is 1. The Morgan fingerprint density at radius 2 is 1.80 bits per heavy atom. The van der Waals surface area contributed by atoms with Crippen LogP contribution in [-0.4, -0.2) is 28.8 Å². The van der Waals surface area contributed by atoms with Crippen molar-refractivity contribution in [2.24, 2.45) is 0 Å². The summed E-state index contributed by atoms with van der Waals surface area (Å²) in [7, 11) is 0. The van der Waals surface area contributed by atoms with Gasteiger partial charge >= 0.3 is 5.97 Å². The highest BCUT2D eigenvalue weighted by molar-refractivity contribution is 5.96. The van der Waals surface area contributed by atoms with Gasteiger partial charge in [-0.15, -0.1) is 0 Å². The highest BCUT2D eigenvalue weighted by atomic mass is 16.4. The van der Waals surface area contributed by atoms with Crippen molar-refractivity contribution in [3.8, 4) is 0 Å². The summed E-state index contributed by atoms with van der Waals surface area (Å²) in [6.07, 6.45) is 1.18. The van der Waals surface area contributed by atoms with Gasteiger partial charge in [-0.2, -0.15) is 0 Å². The Kier molecular flexibility index (Phi) is 6.43. The van der Waals surface area contributed by atoms with Gasteiger partial charge in [0, 0.05) is 18.4 Å². The zero-order valence-corrected chi connectivity index (χ0v) is 11.5. The van der Waals surface area contributed by atoms with Crippen molar-refractivity contribution in [2.75, 3.05) is 0 Å². The molecule has 1 atom stereocenters. The Bertz CT molecular complexity index is 470. The smallest absolute Gasteiger partial charge is 0.326 e. The molecule has 1 aromatic carbocycles. The minimum absolute atomic E-state index is 0.0105.